The molecule has 0 saturated carbocycles. The zero-order valence-corrected chi connectivity index (χ0v) is 15.8. The molecule has 0 bridgehead atoms. The van der Waals surface area contributed by atoms with Gasteiger partial charge in [-0.15, -0.1) is 0 Å². The van der Waals surface area contributed by atoms with Gasteiger partial charge in [0.2, 0.25) is 5.88 Å². The van der Waals surface area contributed by atoms with Gasteiger partial charge >= 0.3 is 5.69 Å². The average Bonchev–Trinajstić information content (AvgIpc) is 2.95. The van der Waals surface area contributed by atoms with Gasteiger partial charge in [0.25, 0.3) is 0 Å². The highest BCUT2D eigenvalue weighted by molar-refractivity contribution is 5.35. The first-order valence-electron chi connectivity index (χ1n) is 10.2. The van der Waals surface area contributed by atoms with Crippen molar-refractivity contribution in [2.45, 2.75) is 64.1 Å². The van der Waals surface area contributed by atoms with Crippen molar-refractivity contribution in [2.24, 2.45) is 0 Å². The van der Waals surface area contributed by atoms with Crippen LogP contribution in [0.25, 0.3) is 0 Å². The molecule has 3 heterocycles. The summed E-state index contributed by atoms with van der Waals surface area (Å²) in [5.74, 6) is 1.20. The second kappa shape index (κ2) is 8.21. The van der Waals surface area contributed by atoms with Crippen molar-refractivity contribution in [1.29, 1.82) is 0 Å². The highest BCUT2D eigenvalue weighted by Gasteiger charge is 2.21. The predicted octanol–water partition coefficient (Wildman–Crippen LogP) is 2.46. The number of nitrogens with zero attached hydrogens (tertiary/aromatic N) is 2. The number of aromatic hydroxyl groups is 1. The van der Waals surface area contributed by atoms with Crippen LogP contribution < -0.4 is 15.7 Å². The minimum absolute atomic E-state index is 0.0515. The lowest BCUT2D eigenvalue weighted by Crippen LogP contribution is -2.34. The first-order chi connectivity index (χ1) is 13.2. The lowest BCUT2D eigenvalue weighted by atomic mass is 10.0. The molecule has 2 N–H and O–H groups in total. The van der Waals surface area contributed by atoms with Crippen molar-refractivity contribution in [3.8, 4) is 11.6 Å². The molecule has 0 saturated heterocycles. The van der Waals surface area contributed by atoms with Crippen LogP contribution in [0.15, 0.2) is 29.1 Å². The summed E-state index contributed by atoms with van der Waals surface area (Å²) in [7, 11) is 0. The molecule has 0 radical (unpaired) electrons. The highest BCUT2D eigenvalue weighted by Crippen LogP contribution is 2.26. The molecule has 1 unspecified atom stereocenters. The van der Waals surface area contributed by atoms with Crippen LogP contribution in [-0.4, -0.2) is 33.4 Å². The van der Waals surface area contributed by atoms with E-state index < -0.39 is 0 Å². The Morgan fingerprint density at radius 1 is 1.19 bits per heavy atom. The molecule has 2 aliphatic rings. The summed E-state index contributed by atoms with van der Waals surface area (Å²) >= 11 is 0. The summed E-state index contributed by atoms with van der Waals surface area (Å²) in [5, 5.41) is 13.8. The van der Waals surface area contributed by atoms with E-state index in [1.165, 1.54) is 5.56 Å². The number of aryl methyl sites for hydroxylation is 1. The molecular weight excluding hydrogens is 342 g/mol. The first-order valence-corrected chi connectivity index (χ1v) is 10.2. The van der Waals surface area contributed by atoms with Crippen molar-refractivity contribution in [3.63, 3.8) is 0 Å². The first kappa shape index (κ1) is 18.2. The van der Waals surface area contributed by atoms with E-state index in [2.05, 4.69) is 17.4 Å². The number of fused-ring (bicyclic) bond motifs is 2. The maximum atomic E-state index is 12.4. The van der Waals surface area contributed by atoms with E-state index in [9.17, 15) is 9.90 Å². The summed E-state index contributed by atoms with van der Waals surface area (Å²) in [6.07, 6.45) is 7.06. The van der Waals surface area contributed by atoms with E-state index >= 15 is 0 Å². The van der Waals surface area contributed by atoms with E-state index in [1.807, 2.05) is 12.1 Å². The topological polar surface area (TPSA) is 68.4 Å². The van der Waals surface area contributed by atoms with Crippen LogP contribution in [0.4, 0.5) is 0 Å². The van der Waals surface area contributed by atoms with Gasteiger partial charge in [-0.3, -0.25) is 9.13 Å². The minimum atomic E-state index is -0.0515. The van der Waals surface area contributed by atoms with E-state index in [1.54, 1.807) is 9.13 Å². The molecule has 27 heavy (non-hydrogen) atoms. The van der Waals surface area contributed by atoms with Crippen LogP contribution in [0.2, 0.25) is 0 Å². The third-order valence-corrected chi connectivity index (χ3v) is 5.71. The Labute approximate surface area is 159 Å². The van der Waals surface area contributed by atoms with Crippen LogP contribution in [0, 0.1) is 0 Å². The Morgan fingerprint density at radius 3 is 2.96 bits per heavy atom. The summed E-state index contributed by atoms with van der Waals surface area (Å²) in [6, 6.07) is 8.26. The van der Waals surface area contributed by atoms with Crippen molar-refractivity contribution in [2.75, 3.05) is 13.1 Å². The van der Waals surface area contributed by atoms with E-state index in [0.29, 0.717) is 6.54 Å². The third kappa shape index (κ3) is 3.90. The van der Waals surface area contributed by atoms with Crippen molar-refractivity contribution < 1.29 is 9.84 Å². The van der Waals surface area contributed by atoms with Gasteiger partial charge in [-0.05, 0) is 63.1 Å². The minimum Gasteiger partial charge on any atom is -0.493 e. The molecular formula is C21H29N3O3. The molecule has 2 aliphatic heterocycles. The number of ether oxygens (including phenoxy) is 1. The molecule has 6 nitrogen and oxygen atoms in total. The van der Waals surface area contributed by atoms with Gasteiger partial charge in [0.15, 0.2) is 0 Å². The largest absolute Gasteiger partial charge is 0.493 e. The number of aromatic nitrogens is 2. The maximum Gasteiger partial charge on any atom is 0.331 e. The van der Waals surface area contributed by atoms with Gasteiger partial charge in [0.1, 0.15) is 11.9 Å². The van der Waals surface area contributed by atoms with Gasteiger partial charge in [0, 0.05) is 19.6 Å². The Hall–Kier alpha value is -2.21. The van der Waals surface area contributed by atoms with Crippen molar-refractivity contribution in [1.82, 2.24) is 14.5 Å². The molecule has 2 aromatic rings. The molecule has 0 aliphatic carbocycles. The molecule has 0 spiro atoms. The van der Waals surface area contributed by atoms with Crippen LogP contribution in [0.1, 0.15) is 43.4 Å². The monoisotopic (exact) mass is 371 g/mol. The zero-order valence-electron chi connectivity index (χ0n) is 15.8. The number of hydrogen-bond acceptors (Lipinski definition) is 4. The Balaban J connectivity index is 1.19. The number of unbranched alkanes of at least 4 members (excludes halogenated alkanes) is 1. The number of rotatable bonds is 7. The highest BCUT2D eigenvalue weighted by atomic mass is 16.5. The predicted molar refractivity (Wildman–Crippen MR) is 105 cm³/mol. The van der Waals surface area contributed by atoms with Crippen LogP contribution in [-0.2, 0) is 25.9 Å². The van der Waals surface area contributed by atoms with Gasteiger partial charge in [-0.25, -0.2) is 4.79 Å². The fraction of sp³-hybridized carbons (Fsp3) is 0.571. The quantitative estimate of drug-likeness (QED) is 0.734. The Morgan fingerprint density at radius 2 is 2.07 bits per heavy atom. The van der Waals surface area contributed by atoms with Gasteiger partial charge < -0.3 is 15.2 Å². The molecule has 1 aromatic heterocycles. The zero-order chi connectivity index (χ0) is 18.6. The fourth-order valence-corrected chi connectivity index (χ4v) is 4.18. The van der Waals surface area contributed by atoms with E-state index in [4.69, 9.17) is 4.74 Å². The average molecular weight is 371 g/mol. The summed E-state index contributed by atoms with van der Waals surface area (Å²) in [4.78, 5) is 12.4. The van der Waals surface area contributed by atoms with Gasteiger partial charge in [-0.2, -0.15) is 0 Å². The molecule has 146 valence electrons. The second-order valence-electron chi connectivity index (χ2n) is 7.61. The summed E-state index contributed by atoms with van der Waals surface area (Å²) in [6.45, 7) is 3.06. The lowest BCUT2D eigenvalue weighted by molar-refractivity contribution is 0.170. The summed E-state index contributed by atoms with van der Waals surface area (Å²) < 4.78 is 9.33. The lowest BCUT2D eigenvalue weighted by Gasteiger charge is -2.26. The standard InChI is InChI=1S/C21H29N3O3/c25-20-18-8-3-5-13-23(18)21(26)24(20)14-6-4-12-22-15-17-11-10-16-7-1-2-9-19(16)27-17/h1-2,7,9,17,22,25H,3-6,8,10-15H2. The van der Waals surface area contributed by atoms with Crippen LogP contribution >= 0.6 is 0 Å². The van der Waals surface area contributed by atoms with Crippen LogP contribution in [0.3, 0.4) is 0 Å². The number of imidazole rings is 1. The van der Waals surface area contributed by atoms with Crippen molar-refractivity contribution >= 4 is 0 Å². The van der Waals surface area contributed by atoms with E-state index in [-0.39, 0.29) is 17.7 Å². The van der Waals surface area contributed by atoms with Gasteiger partial charge in [-0.1, -0.05) is 18.2 Å². The van der Waals surface area contributed by atoms with Crippen molar-refractivity contribution in [3.05, 3.63) is 46.0 Å². The fourth-order valence-electron chi connectivity index (χ4n) is 4.18. The normalized spacial score (nSPS) is 18.6. The number of para-hydroxylation sites is 1. The Kier molecular flexibility index (Phi) is 5.53. The van der Waals surface area contributed by atoms with E-state index in [0.717, 1.165) is 76.0 Å². The molecule has 6 heteroatoms. The molecule has 0 fully saturated rings. The molecule has 1 atom stereocenters. The summed E-state index contributed by atoms with van der Waals surface area (Å²) in [5.41, 5.74) is 2.07. The smallest absolute Gasteiger partial charge is 0.331 e. The Bertz CT molecular complexity index is 840. The second-order valence-corrected chi connectivity index (χ2v) is 7.61. The molecule has 1 aromatic carbocycles. The number of benzene rings is 1. The SMILES string of the molecule is O=c1n(CCCCNCC2CCc3ccccc3O2)c(O)c2n1CCCC2. The van der Waals surface area contributed by atoms with Crippen LogP contribution in [0.5, 0.6) is 11.6 Å². The third-order valence-electron chi connectivity index (χ3n) is 5.71. The van der Waals surface area contributed by atoms with Gasteiger partial charge in [0.05, 0.1) is 5.69 Å². The number of hydrogen-bond donors (Lipinski definition) is 2. The molecule has 0 amide bonds. The molecule has 4 rings (SSSR count). The maximum absolute atomic E-state index is 12.4. The number of nitrogens with one attached hydrogen (secondary N) is 1.